The van der Waals surface area contributed by atoms with E-state index in [1.165, 1.54) is 6.92 Å². The van der Waals surface area contributed by atoms with Gasteiger partial charge in [-0.2, -0.15) is 13.2 Å². The summed E-state index contributed by atoms with van der Waals surface area (Å²) in [5.74, 6) is -1.47. The second kappa shape index (κ2) is 3.32. The van der Waals surface area contributed by atoms with Gasteiger partial charge in [-0.3, -0.25) is 4.79 Å². The summed E-state index contributed by atoms with van der Waals surface area (Å²) >= 11 is 0. The molecular formula is C7H8F3N3O. The summed E-state index contributed by atoms with van der Waals surface area (Å²) in [6.45, 7) is 1.52. The molecule has 7 heteroatoms. The predicted octanol–water partition coefficient (Wildman–Crippen LogP) is 1.09. The first kappa shape index (κ1) is 10.6. The maximum absolute atomic E-state index is 12.3. The van der Waals surface area contributed by atoms with E-state index in [1.807, 2.05) is 0 Å². The zero-order chi connectivity index (χ0) is 10.9. The van der Waals surface area contributed by atoms with Gasteiger partial charge in [0.1, 0.15) is 0 Å². The first-order chi connectivity index (χ1) is 6.36. The van der Waals surface area contributed by atoms with Crippen molar-refractivity contribution in [2.24, 2.45) is 5.73 Å². The van der Waals surface area contributed by atoms with Gasteiger partial charge in [0.05, 0.1) is 0 Å². The lowest BCUT2D eigenvalue weighted by Crippen LogP contribution is -2.13. The van der Waals surface area contributed by atoms with Gasteiger partial charge in [0.25, 0.3) is 5.91 Å². The average molecular weight is 207 g/mol. The van der Waals surface area contributed by atoms with E-state index in [2.05, 4.69) is 9.97 Å². The number of nitrogens with one attached hydrogen (secondary N) is 1. The topological polar surface area (TPSA) is 71.8 Å². The molecule has 0 aliphatic rings. The van der Waals surface area contributed by atoms with Crippen LogP contribution in [0.1, 0.15) is 28.9 Å². The summed E-state index contributed by atoms with van der Waals surface area (Å²) in [5.41, 5.74) is 3.59. The molecule has 0 aliphatic heterocycles. The molecule has 1 heterocycles. The number of primary amides is 1. The van der Waals surface area contributed by atoms with Gasteiger partial charge < -0.3 is 10.7 Å². The van der Waals surface area contributed by atoms with Crippen molar-refractivity contribution < 1.29 is 18.0 Å². The number of alkyl halides is 3. The van der Waals surface area contributed by atoms with Gasteiger partial charge in [-0.15, -0.1) is 0 Å². The van der Waals surface area contributed by atoms with Crippen molar-refractivity contribution in [1.29, 1.82) is 0 Å². The average Bonchev–Trinajstić information content (AvgIpc) is 2.46. The van der Waals surface area contributed by atoms with E-state index in [-0.39, 0.29) is 12.1 Å². The quantitative estimate of drug-likeness (QED) is 0.761. The van der Waals surface area contributed by atoms with Crippen LogP contribution in [0, 0.1) is 0 Å². The Bertz CT molecular complexity index is 356. The summed E-state index contributed by atoms with van der Waals surface area (Å²) in [6.07, 6.45) is -4.45. The van der Waals surface area contributed by atoms with Crippen LogP contribution in [0.25, 0.3) is 0 Å². The Morgan fingerprint density at radius 2 is 2.14 bits per heavy atom. The molecule has 1 aromatic heterocycles. The molecule has 1 aromatic rings. The van der Waals surface area contributed by atoms with E-state index in [4.69, 9.17) is 5.73 Å². The fraction of sp³-hybridized carbons (Fsp3) is 0.429. The van der Waals surface area contributed by atoms with E-state index < -0.39 is 23.6 Å². The van der Waals surface area contributed by atoms with Gasteiger partial charge in [0.2, 0.25) is 0 Å². The zero-order valence-corrected chi connectivity index (χ0v) is 7.27. The Hall–Kier alpha value is -1.53. The Labute approximate surface area is 77.3 Å². The van der Waals surface area contributed by atoms with E-state index in [1.54, 1.807) is 0 Å². The van der Waals surface area contributed by atoms with Crippen molar-refractivity contribution in [3.63, 3.8) is 0 Å². The van der Waals surface area contributed by atoms with E-state index in [0.29, 0.717) is 0 Å². The Morgan fingerprint density at radius 3 is 2.43 bits per heavy atom. The third kappa shape index (κ3) is 1.86. The molecule has 0 bridgehead atoms. The summed E-state index contributed by atoms with van der Waals surface area (Å²) in [6, 6.07) is 0. The molecule has 0 fully saturated rings. The molecular weight excluding hydrogens is 199 g/mol. The third-order valence-corrected chi connectivity index (χ3v) is 1.63. The molecule has 0 aliphatic carbocycles. The van der Waals surface area contributed by atoms with Crippen molar-refractivity contribution in [3.8, 4) is 0 Å². The van der Waals surface area contributed by atoms with E-state index >= 15 is 0 Å². The molecule has 0 saturated carbocycles. The highest BCUT2D eigenvalue weighted by Crippen LogP contribution is 2.30. The van der Waals surface area contributed by atoms with Crippen LogP contribution in [0.15, 0.2) is 0 Å². The van der Waals surface area contributed by atoms with Gasteiger partial charge in [-0.1, -0.05) is 6.92 Å². The number of nitrogens with two attached hydrogens (primary N) is 1. The summed E-state index contributed by atoms with van der Waals surface area (Å²) in [4.78, 5) is 15.9. The van der Waals surface area contributed by atoms with Crippen LogP contribution in [-0.4, -0.2) is 15.9 Å². The molecule has 0 aromatic carbocycles. The predicted molar refractivity (Wildman–Crippen MR) is 41.5 cm³/mol. The lowest BCUT2D eigenvalue weighted by molar-refractivity contribution is -0.141. The molecule has 78 valence electrons. The molecule has 3 N–H and O–H groups in total. The van der Waals surface area contributed by atoms with Crippen molar-refractivity contribution in [2.75, 3.05) is 0 Å². The highest BCUT2D eigenvalue weighted by molar-refractivity contribution is 5.89. The monoisotopic (exact) mass is 207 g/mol. The number of carbonyl (C=O) groups excluding carboxylic acids is 1. The second-order valence-electron chi connectivity index (χ2n) is 2.63. The number of nitrogens with zero attached hydrogens (tertiary/aromatic N) is 1. The van der Waals surface area contributed by atoms with Gasteiger partial charge in [0.15, 0.2) is 11.5 Å². The number of imidazole rings is 1. The molecule has 4 nitrogen and oxygen atoms in total. The minimum atomic E-state index is -4.56. The fourth-order valence-electron chi connectivity index (χ4n) is 1.02. The first-order valence-electron chi connectivity index (χ1n) is 3.82. The molecule has 1 rings (SSSR count). The molecule has 0 spiro atoms. The Kier molecular flexibility index (Phi) is 2.50. The number of hydrogen-bond acceptors (Lipinski definition) is 2. The number of H-pyrrole nitrogens is 1. The molecule has 0 saturated heterocycles. The second-order valence-corrected chi connectivity index (χ2v) is 2.63. The minimum absolute atomic E-state index is 0.106. The standard InChI is InChI=1S/C7H8F3N3O/c1-2-3-4(7(8,9)10)13-6(12-3)5(11)14/h2H2,1H3,(H2,11,14)(H,12,13). The van der Waals surface area contributed by atoms with E-state index in [9.17, 15) is 18.0 Å². The van der Waals surface area contributed by atoms with Crippen molar-refractivity contribution in [2.45, 2.75) is 19.5 Å². The molecule has 1 amide bonds. The Balaban J connectivity index is 3.22. The Morgan fingerprint density at radius 1 is 1.57 bits per heavy atom. The number of carbonyl (C=O) groups is 1. The van der Waals surface area contributed by atoms with Gasteiger partial charge in [-0.05, 0) is 6.42 Å². The SMILES string of the molecule is CCc1[nH]c(C(N)=O)nc1C(F)(F)F. The van der Waals surface area contributed by atoms with Gasteiger partial charge in [0, 0.05) is 5.69 Å². The lowest BCUT2D eigenvalue weighted by Gasteiger charge is -2.03. The number of rotatable bonds is 2. The number of aromatic nitrogens is 2. The summed E-state index contributed by atoms with van der Waals surface area (Å²) in [7, 11) is 0. The smallest absolute Gasteiger partial charge is 0.363 e. The van der Waals surface area contributed by atoms with Crippen molar-refractivity contribution in [1.82, 2.24) is 9.97 Å². The van der Waals surface area contributed by atoms with E-state index in [0.717, 1.165) is 0 Å². The summed E-state index contributed by atoms with van der Waals surface area (Å²) in [5, 5.41) is 0. The summed E-state index contributed by atoms with van der Waals surface area (Å²) < 4.78 is 36.8. The normalized spacial score (nSPS) is 11.7. The largest absolute Gasteiger partial charge is 0.435 e. The maximum atomic E-state index is 12.3. The lowest BCUT2D eigenvalue weighted by atomic mass is 10.2. The highest BCUT2D eigenvalue weighted by Gasteiger charge is 2.37. The van der Waals surface area contributed by atoms with Crippen LogP contribution in [0.5, 0.6) is 0 Å². The van der Waals surface area contributed by atoms with Crippen LogP contribution in [0.2, 0.25) is 0 Å². The van der Waals surface area contributed by atoms with Crippen LogP contribution < -0.4 is 5.73 Å². The fourth-order valence-corrected chi connectivity index (χ4v) is 1.02. The first-order valence-corrected chi connectivity index (χ1v) is 3.82. The molecule has 0 unspecified atom stereocenters. The van der Waals surface area contributed by atoms with Crippen LogP contribution in [0.3, 0.4) is 0 Å². The van der Waals surface area contributed by atoms with Crippen LogP contribution >= 0.6 is 0 Å². The number of aryl methyl sites for hydroxylation is 1. The van der Waals surface area contributed by atoms with Gasteiger partial charge in [-0.25, -0.2) is 4.98 Å². The molecule has 14 heavy (non-hydrogen) atoms. The van der Waals surface area contributed by atoms with Crippen molar-refractivity contribution >= 4 is 5.91 Å². The number of amides is 1. The van der Waals surface area contributed by atoms with Crippen LogP contribution in [-0.2, 0) is 12.6 Å². The van der Waals surface area contributed by atoms with Crippen molar-refractivity contribution in [3.05, 3.63) is 17.2 Å². The molecule has 0 atom stereocenters. The number of hydrogen-bond donors (Lipinski definition) is 2. The van der Waals surface area contributed by atoms with Gasteiger partial charge >= 0.3 is 6.18 Å². The van der Waals surface area contributed by atoms with Crippen LogP contribution in [0.4, 0.5) is 13.2 Å². The zero-order valence-electron chi connectivity index (χ0n) is 7.27. The number of aromatic amines is 1. The maximum Gasteiger partial charge on any atom is 0.435 e. The highest BCUT2D eigenvalue weighted by atomic mass is 19.4. The minimum Gasteiger partial charge on any atom is -0.363 e. The number of halogens is 3. The molecule has 0 radical (unpaired) electrons. The third-order valence-electron chi connectivity index (χ3n) is 1.63.